The second kappa shape index (κ2) is 8.71. The normalized spacial score (nSPS) is 11.8. The van der Waals surface area contributed by atoms with Crippen LogP contribution in [0.15, 0.2) is 42.5 Å². The molecule has 2 rings (SSSR count). The molecule has 24 heavy (non-hydrogen) atoms. The Morgan fingerprint density at radius 1 is 1.25 bits per heavy atom. The molecule has 2 aromatic rings. The largest absolute Gasteiger partial charge is 0.496 e. The van der Waals surface area contributed by atoms with Crippen LogP contribution >= 0.6 is 11.6 Å². The number of nitrogens with one attached hydrogen (secondary N) is 2. The second-order valence-corrected chi connectivity index (χ2v) is 6.19. The van der Waals surface area contributed by atoms with E-state index >= 15 is 0 Å². The van der Waals surface area contributed by atoms with Gasteiger partial charge in [-0.3, -0.25) is 4.79 Å². The molecule has 0 aliphatic heterocycles. The van der Waals surface area contributed by atoms with Gasteiger partial charge in [-0.2, -0.15) is 0 Å². The molecule has 0 radical (unpaired) electrons. The molecular formula is C19H23ClN2O2. The fraction of sp³-hybridized carbons (Fsp3) is 0.316. The molecule has 0 aliphatic carbocycles. The monoisotopic (exact) mass is 346 g/mol. The molecule has 2 aromatic carbocycles. The summed E-state index contributed by atoms with van der Waals surface area (Å²) in [5.74, 6) is 0.758. The van der Waals surface area contributed by atoms with Crippen LogP contribution in [-0.4, -0.2) is 19.6 Å². The molecule has 4 nitrogen and oxygen atoms in total. The van der Waals surface area contributed by atoms with Gasteiger partial charge in [0.15, 0.2) is 0 Å². The first-order valence-electron chi connectivity index (χ1n) is 7.88. The number of amides is 1. The summed E-state index contributed by atoms with van der Waals surface area (Å²) in [5, 5.41) is 6.78. The van der Waals surface area contributed by atoms with Crippen LogP contribution in [0.25, 0.3) is 0 Å². The highest BCUT2D eigenvalue weighted by Crippen LogP contribution is 2.25. The molecule has 1 amide bonds. The van der Waals surface area contributed by atoms with Crippen molar-refractivity contribution in [2.45, 2.75) is 26.4 Å². The maximum atomic E-state index is 12.0. The Hall–Kier alpha value is -2.04. The molecule has 0 aliphatic rings. The van der Waals surface area contributed by atoms with E-state index < -0.39 is 0 Å². The van der Waals surface area contributed by atoms with Crippen LogP contribution in [0.2, 0.25) is 5.02 Å². The molecular weight excluding hydrogens is 324 g/mol. The highest BCUT2D eigenvalue weighted by Gasteiger charge is 2.12. The van der Waals surface area contributed by atoms with Crippen molar-refractivity contribution >= 4 is 17.5 Å². The molecule has 0 saturated carbocycles. The molecule has 0 aromatic heterocycles. The van der Waals surface area contributed by atoms with Crippen LogP contribution in [0.4, 0.5) is 0 Å². The summed E-state index contributed by atoms with van der Waals surface area (Å²) in [7, 11) is 1.65. The second-order valence-electron chi connectivity index (χ2n) is 5.75. The SMILES string of the molecule is COc1ccc(C)cc1[C@@H](C)NCC(=O)NCc1cccc(Cl)c1. The van der Waals surface area contributed by atoms with E-state index in [2.05, 4.69) is 16.7 Å². The van der Waals surface area contributed by atoms with E-state index in [0.29, 0.717) is 11.6 Å². The van der Waals surface area contributed by atoms with Gasteiger partial charge in [-0.25, -0.2) is 0 Å². The third-order valence-corrected chi connectivity index (χ3v) is 4.03. The van der Waals surface area contributed by atoms with Crippen molar-refractivity contribution in [3.8, 4) is 5.75 Å². The van der Waals surface area contributed by atoms with Crippen molar-refractivity contribution in [3.05, 3.63) is 64.2 Å². The standard InChI is InChI=1S/C19H23ClN2O2/c1-13-7-8-18(24-3)17(9-13)14(2)21-12-19(23)22-11-15-5-4-6-16(20)10-15/h4-10,14,21H,11-12H2,1-3H3,(H,22,23)/t14-/m1/s1. The Bertz CT molecular complexity index is 704. The zero-order valence-corrected chi connectivity index (χ0v) is 15.0. The minimum atomic E-state index is -0.0616. The van der Waals surface area contributed by atoms with Crippen molar-refractivity contribution in [1.29, 1.82) is 0 Å². The predicted molar refractivity (Wildman–Crippen MR) is 97.4 cm³/mol. The van der Waals surface area contributed by atoms with Gasteiger partial charge in [0.2, 0.25) is 5.91 Å². The van der Waals surface area contributed by atoms with E-state index in [0.717, 1.165) is 22.4 Å². The number of aryl methyl sites for hydroxylation is 1. The quantitative estimate of drug-likeness (QED) is 0.805. The number of hydrogen-bond donors (Lipinski definition) is 2. The summed E-state index contributed by atoms with van der Waals surface area (Å²) >= 11 is 5.94. The number of halogens is 1. The van der Waals surface area contributed by atoms with Crippen LogP contribution < -0.4 is 15.4 Å². The Morgan fingerprint density at radius 3 is 2.75 bits per heavy atom. The van der Waals surface area contributed by atoms with E-state index in [4.69, 9.17) is 16.3 Å². The number of carbonyl (C=O) groups excluding carboxylic acids is 1. The molecule has 5 heteroatoms. The third-order valence-electron chi connectivity index (χ3n) is 3.80. The number of hydrogen-bond acceptors (Lipinski definition) is 3. The highest BCUT2D eigenvalue weighted by atomic mass is 35.5. The minimum Gasteiger partial charge on any atom is -0.496 e. The summed E-state index contributed by atoms with van der Waals surface area (Å²) in [6.45, 7) is 4.75. The maximum absolute atomic E-state index is 12.0. The van der Waals surface area contributed by atoms with Gasteiger partial charge < -0.3 is 15.4 Å². The molecule has 0 heterocycles. The lowest BCUT2D eigenvalue weighted by atomic mass is 10.0. The summed E-state index contributed by atoms with van der Waals surface area (Å²) in [5.41, 5.74) is 3.18. The Kier molecular flexibility index (Phi) is 6.64. The van der Waals surface area contributed by atoms with Gasteiger partial charge in [-0.1, -0.05) is 41.4 Å². The smallest absolute Gasteiger partial charge is 0.234 e. The van der Waals surface area contributed by atoms with Gasteiger partial charge in [0.25, 0.3) is 0 Å². The Labute approximate surface area is 148 Å². The zero-order chi connectivity index (χ0) is 17.5. The van der Waals surface area contributed by atoms with Gasteiger partial charge in [0.1, 0.15) is 5.75 Å². The minimum absolute atomic E-state index is 0.0109. The molecule has 2 N–H and O–H groups in total. The van der Waals surface area contributed by atoms with E-state index in [1.165, 1.54) is 0 Å². The Balaban J connectivity index is 1.86. The molecule has 0 bridgehead atoms. The summed E-state index contributed by atoms with van der Waals surface area (Å²) in [6, 6.07) is 13.5. The average Bonchev–Trinajstić information content (AvgIpc) is 2.58. The van der Waals surface area contributed by atoms with Gasteiger partial charge >= 0.3 is 0 Å². The summed E-state index contributed by atoms with van der Waals surface area (Å²) in [4.78, 5) is 12.0. The molecule has 0 spiro atoms. The van der Waals surface area contributed by atoms with E-state index in [-0.39, 0.29) is 18.5 Å². The highest BCUT2D eigenvalue weighted by molar-refractivity contribution is 6.30. The van der Waals surface area contributed by atoms with Crippen LogP contribution in [0.5, 0.6) is 5.75 Å². The number of methoxy groups -OCH3 is 1. The zero-order valence-electron chi connectivity index (χ0n) is 14.2. The Morgan fingerprint density at radius 2 is 2.04 bits per heavy atom. The first kappa shape index (κ1) is 18.3. The van der Waals surface area contributed by atoms with Gasteiger partial charge in [0, 0.05) is 23.2 Å². The molecule has 1 atom stereocenters. The van der Waals surface area contributed by atoms with Crippen LogP contribution in [0.1, 0.15) is 29.7 Å². The molecule has 0 fully saturated rings. The lowest BCUT2D eigenvalue weighted by Crippen LogP contribution is -2.34. The first-order valence-corrected chi connectivity index (χ1v) is 8.26. The number of benzene rings is 2. The fourth-order valence-electron chi connectivity index (χ4n) is 2.46. The fourth-order valence-corrected chi connectivity index (χ4v) is 2.67. The van der Waals surface area contributed by atoms with Crippen molar-refractivity contribution in [2.24, 2.45) is 0 Å². The molecule has 0 unspecified atom stereocenters. The van der Waals surface area contributed by atoms with Crippen LogP contribution in [0.3, 0.4) is 0 Å². The maximum Gasteiger partial charge on any atom is 0.234 e. The van der Waals surface area contributed by atoms with Crippen LogP contribution in [0, 0.1) is 6.92 Å². The lowest BCUT2D eigenvalue weighted by molar-refractivity contribution is -0.120. The van der Waals surface area contributed by atoms with Gasteiger partial charge in [0.05, 0.1) is 13.7 Å². The van der Waals surface area contributed by atoms with Crippen molar-refractivity contribution in [3.63, 3.8) is 0 Å². The van der Waals surface area contributed by atoms with Crippen LogP contribution in [-0.2, 0) is 11.3 Å². The number of ether oxygens (including phenoxy) is 1. The predicted octanol–water partition coefficient (Wildman–Crippen LogP) is 3.62. The van der Waals surface area contributed by atoms with Crippen molar-refractivity contribution in [2.75, 3.05) is 13.7 Å². The van der Waals surface area contributed by atoms with Gasteiger partial charge in [-0.15, -0.1) is 0 Å². The van der Waals surface area contributed by atoms with E-state index in [1.54, 1.807) is 7.11 Å². The molecule has 0 saturated heterocycles. The molecule has 128 valence electrons. The number of rotatable bonds is 7. The van der Waals surface area contributed by atoms with E-state index in [9.17, 15) is 4.79 Å². The lowest BCUT2D eigenvalue weighted by Gasteiger charge is -2.18. The third kappa shape index (κ3) is 5.25. The van der Waals surface area contributed by atoms with E-state index in [1.807, 2.05) is 50.2 Å². The number of carbonyl (C=O) groups is 1. The summed E-state index contributed by atoms with van der Waals surface area (Å²) < 4.78 is 5.39. The van der Waals surface area contributed by atoms with Crippen molar-refractivity contribution in [1.82, 2.24) is 10.6 Å². The first-order chi connectivity index (χ1) is 11.5. The topological polar surface area (TPSA) is 50.4 Å². The van der Waals surface area contributed by atoms with Gasteiger partial charge in [-0.05, 0) is 37.6 Å². The van der Waals surface area contributed by atoms with Crippen molar-refractivity contribution < 1.29 is 9.53 Å². The average molecular weight is 347 g/mol. The summed E-state index contributed by atoms with van der Waals surface area (Å²) in [6.07, 6.45) is 0.